The molecular formula is C20H21Cl2FN2O. The maximum Gasteiger partial charge on any atom is 0.252 e. The van der Waals surface area contributed by atoms with Gasteiger partial charge in [-0.05, 0) is 43.5 Å². The van der Waals surface area contributed by atoms with Crippen molar-refractivity contribution in [2.75, 3.05) is 13.1 Å². The molecule has 6 heteroatoms. The topological polar surface area (TPSA) is 32.3 Å². The summed E-state index contributed by atoms with van der Waals surface area (Å²) in [5.41, 5.74) is 2.54. The highest BCUT2D eigenvalue weighted by molar-refractivity contribution is 6.36. The molecule has 0 aliphatic carbocycles. The van der Waals surface area contributed by atoms with E-state index in [-0.39, 0.29) is 21.1 Å². The Kier molecular flexibility index (Phi) is 5.56. The molecule has 1 aliphatic heterocycles. The molecule has 0 atom stereocenters. The second-order valence-corrected chi connectivity index (χ2v) is 8.00. The van der Waals surface area contributed by atoms with Crippen molar-refractivity contribution in [1.29, 1.82) is 0 Å². The molecule has 0 spiro atoms. The molecule has 138 valence electrons. The van der Waals surface area contributed by atoms with E-state index in [1.54, 1.807) is 0 Å². The molecule has 26 heavy (non-hydrogen) atoms. The van der Waals surface area contributed by atoms with Gasteiger partial charge in [0, 0.05) is 25.2 Å². The highest BCUT2D eigenvalue weighted by Crippen LogP contribution is 2.26. The van der Waals surface area contributed by atoms with Crippen LogP contribution in [0.15, 0.2) is 36.4 Å². The van der Waals surface area contributed by atoms with Crippen molar-refractivity contribution in [1.82, 2.24) is 10.2 Å². The van der Waals surface area contributed by atoms with E-state index in [1.807, 2.05) is 6.07 Å². The lowest BCUT2D eigenvalue weighted by atomic mass is 9.94. The fourth-order valence-electron chi connectivity index (χ4n) is 3.21. The molecule has 1 N–H and O–H groups in total. The van der Waals surface area contributed by atoms with Crippen molar-refractivity contribution in [3.63, 3.8) is 0 Å². The summed E-state index contributed by atoms with van der Waals surface area (Å²) in [6.45, 7) is 6.37. The first kappa shape index (κ1) is 19.2. The van der Waals surface area contributed by atoms with Crippen LogP contribution in [0.3, 0.4) is 0 Å². The lowest BCUT2D eigenvalue weighted by Gasteiger charge is -2.41. The number of rotatable bonds is 4. The Morgan fingerprint density at radius 2 is 1.88 bits per heavy atom. The van der Waals surface area contributed by atoms with Gasteiger partial charge in [0.1, 0.15) is 5.82 Å². The number of amides is 1. The van der Waals surface area contributed by atoms with Crippen LogP contribution >= 0.6 is 23.2 Å². The zero-order valence-electron chi connectivity index (χ0n) is 14.8. The first-order valence-electron chi connectivity index (χ1n) is 8.52. The molecule has 0 unspecified atom stereocenters. The molecule has 0 saturated carbocycles. The van der Waals surface area contributed by atoms with Crippen LogP contribution in [-0.2, 0) is 13.0 Å². The van der Waals surface area contributed by atoms with Gasteiger partial charge in [0.2, 0.25) is 0 Å². The van der Waals surface area contributed by atoms with Crippen molar-refractivity contribution in [3.05, 3.63) is 69.0 Å². The molecule has 1 heterocycles. The van der Waals surface area contributed by atoms with Crippen LogP contribution < -0.4 is 5.32 Å². The van der Waals surface area contributed by atoms with Gasteiger partial charge in [0.05, 0.1) is 15.6 Å². The SMILES string of the molecule is CC(C)(CNC(=O)c1cc(F)c(Cl)cc1Cl)N1CCc2ccccc2C1. The number of nitrogens with one attached hydrogen (secondary N) is 1. The predicted octanol–water partition coefficient (Wildman–Crippen LogP) is 4.70. The molecule has 0 bridgehead atoms. The number of carbonyl (C=O) groups excluding carboxylic acids is 1. The van der Waals surface area contributed by atoms with E-state index in [2.05, 4.69) is 42.3 Å². The van der Waals surface area contributed by atoms with Gasteiger partial charge in [-0.2, -0.15) is 0 Å². The quantitative estimate of drug-likeness (QED) is 0.762. The standard InChI is InChI=1S/C20H21Cl2FN2O/c1-20(2,25-8-7-13-5-3-4-6-14(13)11-25)12-24-19(26)15-9-18(23)17(22)10-16(15)21/h3-6,9-10H,7-8,11-12H2,1-2H3,(H,24,26). The first-order valence-corrected chi connectivity index (χ1v) is 9.28. The maximum absolute atomic E-state index is 13.6. The van der Waals surface area contributed by atoms with Gasteiger partial charge in [-0.3, -0.25) is 9.69 Å². The average Bonchev–Trinajstić information content (AvgIpc) is 2.62. The molecular weight excluding hydrogens is 374 g/mol. The summed E-state index contributed by atoms with van der Waals surface area (Å²) in [6, 6.07) is 10.7. The van der Waals surface area contributed by atoms with Crippen LogP contribution in [0.25, 0.3) is 0 Å². The molecule has 1 amide bonds. The summed E-state index contributed by atoms with van der Waals surface area (Å²) < 4.78 is 13.6. The van der Waals surface area contributed by atoms with Gasteiger partial charge in [0.25, 0.3) is 5.91 Å². The largest absolute Gasteiger partial charge is 0.350 e. The summed E-state index contributed by atoms with van der Waals surface area (Å²) in [5.74, 6) is -1.07. The third-order valence-corrected chi connectivity index (χ3v) is 5.53. The summed E-state index contributed by atoms with van der Waals surface area (Å²) in [6.07, 6.45) is 0.988. The van der Waals surface area contributed by atoms with Gasteiger partial charge in [-0.15, -0.1) is 0 Å². The van der Waals surface area contributed by atoms with Crippen molar-refractivity contribution < 1.29 is 9.18 Å². The maximum atomic E-state index is 13.6. The second kappa shape index (κ2) is 7.55. The lowest BCUT2D eigenvalue weighted by Crippen LogP contribution is -2.53. The summed E-state index contributed by atoms with van der Waals surface area (Å²) in [5, 5.41) is 2.91. The van der Waals surface area contributed by atoms with Crippen molar-refractivity contribution in [2.24, 2.45) is 0 Å². The summed E-state index contributed by atoms with van der Waals surface area (Å²) in [4.78, 5) is 14.8. The lowest BCUT2D eigenvalue weighted by molar-refractivity contribution is 0.0826. The summed E-state index contributed by atoms with van der Waals surface area (Å²) >= 11 is 11.7. The normalized spacial score (nSPS) is 14.8. The zero-order chi connectivity index (χ0) is 18.9. The van der Waals surface area contributed by atoms with Crippen LogP contribution in [0.4, 0.5) is 4.39 Å². The smallest absolute Gasteiger partial charge is 0.252 e. The highest BCUT2D eigenvalue weighted by atomic mass is 35.5. The Morgan fingerprint density at radius 1 is 1.19 bits per heavy atom. The molecule has 0 radical (unpaired) electrons. The Bertz CT molecular complexity index is 839. The van der Waals surface area contributed by atoms with Crippen molar-refractivity contribution in [3.8, 4) is 0 Å². The van der Waals surface area contributed by atoms with Crippen molar-refractivity contribution in [2.45, 2.75) is 32.4 Å². The number of benzene rings is 2. The predicted molar refractivity (Wildman–Crippen MR) is 103 cm³/mol. The van der Waals surface area contributed by atoms with Crippen LogP contribution in [0.2, 0.25) is 10.0 Å². The molecule has 2 aromatic carbocycles. The Balaban J connectivity index is 1.67. The number of carbonyl (C=O) groups is 1. The summed E-state index contributed by atoms with van der Waals surface area (Å²) in [7, 11) is 0. The third-order valence-electron chi connectivity index (χ3n) is 4.92. The van der Waals surface area contributed by atoms with E-state index in [0.717, 1.165) is 25.6 Å². The van der Waals surface area contributed by atoms with E-state index in [4.69, 9.17) is 23.2 Å². The molecule has 0 fully saturated rings. The van der Waals surface area contributed by atoms with E-state index >= 15 is 0 Å². The van der Waals surface area contributed by atoms with Crippen LogP contribution in [0, 0.1) is 5.82 Å². The van der Waals surface area contributed by atoms with Gasteiger partial charge >= 0.3 is 0 Å². The van der Waals surface area contributed by atoms with Crippen LogP contribution in [0.5, 0.6) is 0 Å². The fourth-order valence-corrected chi connectivity index (χ4v) is 3.68. The molecule has 2 aromatic rings. The Morgan fingerprint density at radius 3 is 2.62 bits per heavy atom. The van der Waals surface area contributed by atoms with E-state index in [0.29, 0.717) is 6.54 Å². The Hall–Kier alpha value is -1.62. The number of halogens is 3. The number of hydrogen-bond acceptors (Lipinski definition) is 2. The van der Waals surface area contributed by atoms with Crippen LogP contribution in [-0.4, -0.2) is 29.4 Å². The Labute approximate surface area is 163 Å². The molecule has 0 aromatic heterocycles. The first-order chi connectivity index (χ1) is 12.3. The highest BCUT2D eigenvalue weighted by Gasteiger charge is 2.30. The van der Waals surface area contributed by atoms with Crippen LogP contribution in [0.1, 0.15) is 35.3 Å². The molecule has 1 aliphatic rings. The molecule has 3 nitrogen and oxygen atoms in total. The second-order valence-electron chi connectivity index (χ2n) is 7.18. The number of fused-ring (bicyclic) bond motifs is 1. The number of hydrogen-bond donors (Lipinski definition) is 1. The van der Waals surface area contributed by atoms with Gasteiger partial charge in [-0.25, -0.2) is 4.39 Å². The minimum Gasteiger partial charge on any atom is -0.350 e. The van der Waals surface area contributed by atoms with E-state index < -0.39 is 11.7 Å². The monoisotopic (exact) mass is 394 g/mol. The zero-order valence-corrected chi connectivity index (χ0v) is 16.3. The van der Waals surface area contributed by atoms with E-state index in [1.165, 1.54) is 17.2 Å². The van der Waals surface area contributed by atoms with Crippen molar-refractivity contribution >= 4 is 29.1 Å². The molecule has 3 rings (SSSR count). The third kappa shape index (κ3) is 4.03. The van der Waals surface area contributed by atoms with E-state index in [9.17, 15) is 9.18 Å². The van der Waals surface area contributed by atoms with Gasteiger partial charge in [0.15, 0.2) is 0 Å². The molecule has 0 saturated heterocycles. The average molecular weight is 395 g/mol. The van der Waals surface area contributed by atoms with Gasteiger partial charge in [-0.1, -0.05) is 47.5 Å². The van der Waals surface area contributed by atoms with Gasteiger partial charge < -0.3 is 5.32 Å². The minimum atomic E-state index is -0.659. The minimum absolute atomic E-state index is 0.0911. The number of nitrogens with zero attached hydrogens (tertiary/aromatic N) is 1. The fraction of sp³-hybridized carbons (Fsp3) is 0.350.